The molecule has 8 heteroatoms. The second-order valence-electron chi connectivity index (χ2n) is 4.17. The highest BCUT2D eigenvalue weighted by Crippen LogP contribution is 2.25. The number of hydrogen-bond acceptors (Lipinski definition) is 4. The van der Waals surface area contributed by atoms with E-state index in [0.717, 1.165) is 12.1 Å². The number of nitrogens with two attached hydrogens (primary N) is 1. The first-order chi connectivity index (χ1) is 8.73. The van der Waals surface area contributed by atoms with E-state index in [1.165, 1.54) is 0 Å². The molecule has 108 valence electrons. The molecular weight excluding hydrogens is 278 g/mol. The van der Waals surface area contributed by atoms with Crippen LogP contribution in [0, 0.1) is 11.6 Å². The number of hydrogen-bond donors (Lipinski definition) is 2. The van der Waals surface area contributed by atoms with Gasteiger partial charge in [-0.2, -0.15) is 0 Å². The SMILES string of the molecule is CC(C)OCCS(=O)(=O)Nc1c(N)ccc(F)c1F. The molecule has 0 bridgehead atoms. The molecule has 0 fully saturated rings. The zero-order valence-corrected chi connectivity index (χ0v) is 11.4. The van der Waals surface area contributed by atoms with Crippen molar-refractivity contribution in [3.05, 3.63) is 23.8 Å². The summed E-state index contributed by atoms with van der Waals surface area (Å²) in [7, 11) is -3.85. The molecule has 3 N–H and O–H groups in total. The normalized spacial score (nSPS) is 11.8. The van der Waals surface area contributed by atoms with Gasteiger partial charge in [0.15, 0.2) is 11.6 Å². The number of anilines is 2. The van der Waals surface area contributed by atoms with E-state index in [1.54, 1.807) is 13.8 Å². The van der Waals surface area contributed by atoms with Crippen LogP contribution in [-0.4, -0.2) is 26.9 Å². The van der Waals surface area contributed by atoms with Crippen LogP contribution in [0.4, 0.5) is 20.2 Å². The second kappa shape index (κ2) is 6.16. The Balaban J connectivity index is 2.81. The molecule has 0 spiro atoms. The van der Waals surface area contributed by atoms with Crippen LogP contribution < -0.4 is 10.5 Å². The fraction of sp³-hybridized carbons (Fsp3) is 0.455. The zero-order valence-electron chi connectivity index (χ0n) is 10.6. The molecule has 0 saturated carbocycles. The summed E-state index contributed by atoms with van der Waals surface area (Å²) in [6, 6.07) is 1.91. The molecular formula is C11H16F2N2O3S. The van der Waals surface area contributed by atoms with E-state index >= 15 is 0 Å². The lowest BCUT2D eigenvalue weighted by atomic mass is 10.2. The van der Waals surface area contributed by atoms with Crippen LogP contribution in [0.5, 0.6) is 0 Å². The van der Waals surface area contributed by atoms with Gasteiger partial charge in [-0.3, -0.25) is 4.72 Å². The van der Waals surface area contributed by atoms with E-state index in [9.17, 15) is 17.2 Å². The fourth-order valence-corrected chi connectivity index (χ4v) is 2.21. The highest BCUT2D eigenvalue weighted by Gasteiger charge is 2.18. The van der Waals surface area contributed by atoms with Crippen molar-refractivity contribution in [1.29, 1.82) is 0 Å². The quantitative estimate of drug-likeness (QED) is 0.783. The van der Waals surface area contributed by atoms with Crippen molar-refractivity contribution in [2.24, 2.45) is 0 Å². The Morgan fingerprint density at radius 3 is 2.58 bits per heavy atom. The first-order valence-corrected chi connectivity index (χ1v) is 7.23. The van der Waals surface area contributed by atoms with Gasteiger partial charge in [-0.05, 0) is 26.0 Å². The first kappa shape index (κ1) is 15.6. The molecule has 0 aromatic heterocycles. The predicted molar refractivity (Wildman–Crippen MR) is 69.3 cm³/mol. The van der Waals surface area contributed by atoms with Gasteiger partial charge in [0, 0.05) is 0 Å². The van der Waals surface area contributed by atoms with Crippen LogP contribution in [0.25, 0.3) is 0 Å². The largest absolute Gasteiger partial charge is 0.397 e. The Morgan fingerprint density at radius 2 is 2.00 bits per heavy atom. The van der Waals surface area contributed by atoms with E-state index < -0.39 is 27.3 Å². The van der Waals surface area contributed by atoms with E-state index in [4.69, 9.17) is 10.5 Å². The third kappa shape index (κ3) is 4.64. The van der Waals surface area contributed by atoms with Crippen LogP contribution in [0.1, 0.15) is 13.8 Å². The topological polar surface area (TPSA) is 81.4 Å². The molecule has 1 aromatic carbocycles. The highest BCUT2D eigenvalue weighted by molar-refractivity contribution is 7.92. The van der Waals surface area contributed by atoms with E-state index in [0.29, 0.717) is 0 Å². The molecule has 0 atom stereocenters. The van der Waals surface area contributed by atoms with Crippen molar-refractivity contribution in [3.63, 3.8) is 0 Å². The minimum Gasteiger partial charge on any atom is -0.397 e. The molecule has 0 unspecified atom stereocenters. The van der Waals surface area contributed by atoms with Crippen molar-refractivity contribution in [1.82, 2.24) is 0 Å². The molecule has 1 rings (SSSR count). The molecule has 0 aliphatic rings. The van der Waals surface area contributed by atoms with Crippen LogP contribution in [-0.2, 0) is 14.8 Å². The van der Waals surface area contributed by atoms with Crippen LogP contribution in [0.3, 0.4) is 0 Å². The molecule has 0 saturated heterocycles. The predicted octanol–water partition coefficient (Wildman–Crippen LogP) is 1.71. The lowest BCUT2D eigenvalue weighted by Gasteiger charge is -2.12. The lowest BCUT2D eigenvalue weighted by molar-refractivity contribution is 0.0913. The summed E-state index contributed by atoms with van der Waals surface area (Å²) in [6.07, 6.45) is -0.119. The molecule has 19 heavy (non-hydrogen) atoms. The number of ether oxygens (including phenoxy) is 1. The minimum absolute atomic E-state index is 0.0517. The van der Waals surface area contributed by atoms with Gasteiger partial charge in [0.25, 0.3) is 0 Å². The highest BCUT2D eigenvalue weighted by atomic mass is 32.2. The molecule has 5 nitrogen and oxygen atoms in total. The third-order valence-electron chi connectivity index (χ3n) is 2.19. The summed E-state index contributed by atoms with van der Waals surface area (Å²) in [5.41, 5.74) is 4.64. The Kier molecular flexibility index (Phi) is 5.07. The van der Waals surface area contributed by atoms with Crippen molar-refractivity contribution < 1.29 is 21.9 Å². The number of nitrogens with one attached hydrogen (secondary N) is 1. The molecule has 0 heterocycles. The third-order valence-corrected chi connectivity index (χ3v) is 3.41. The maximum atomic E-state index is 13.4. The fourth-order valence-electron chi connectivity index (χ4n) is 1.27. The Morgan fingerprint density at radius 1 is 1.37 bits per heavy atom. The van der Waals surface area contributed by atoms with Gasteiger partial charge in [0.1, 0.15) is 5.69 Å². The summed E-state index contributed by atoms with van der Waals surface area (Å²) in [4.78, 5) is 0. The van der Waals surface area contributed by atoms with E-state index in [1.807, 2.05) is 4.72 Å². The number of rotatable bonds is 6. The zero-order chi connectivity index (χ0) is 14.6. The van der Waals surface area contributed by atoms with E-state index in [2.05, 4.69) is 0 Å². The summed E-state index contributed by atoms with van der Waals surface area (Å²) in [5.74, 6) is -2.88. The Bertz CT molecular complexity index is 547. The number of benzene rings is 1. The monoisotopic (exact) mass is 294 g/mol. The molecule has 0 amide bonds. The summed E-state index contributed by atoms with van der Waals surface area (Å²) >= 11 is 0. The smallest absolute Gasteiger partial charge is 0.235 e. The molecule has 0 radical (unpaired) electrons. The van der Waals surface area contributed by atoms with Gasteiger partial charge < -0.3 is 10.5 Å². The average molecular weight is 294 g/mol. The second-order valence-corrected chi connectivity index (χ2v) is 6.01. The maximum absolute atomic E-state index is 13.4. The van der Waals surface area contributed by atoms with Crippen LogP contribution >= 0.6 is 0 Å². The van der Waals surface area contributed by atoms with Crippen molar-refractivity contribution in [3.8, 4) is 0 Å². The number of sulfonamides is 1. The minimum atomic E-state index is -3.85. The van der Waals surface area contributed by atoms with Crippen molar-refractivity contribution in [2.75, 3.05) is 22.8 Å². The van der Waals surface area contributed by atoms with Gasteiger partial charge in [-0.25, -0.2) is 17.2 Å². The van der Waals surface area contributed by atoms with Crippen molar-refractivity contribution >= 4 is 21.4 Å². The molecule has 0 aliphatic carbocycles. The van der Waals surface area contributed by atoms with Crippen molar-refractivity contribution in [2.45, 2.75) is 20.0 Å². The molecule has 0 aliphatic heterocycles. The summed E-state index contributed by atoms with van der Waals surface area (Å²) < 4.78 is 56.8. The van der Waals surface area contributed by atoms with Gasteiger partial charge in [0.05, 0.1) is 24.2 Å². The van der Waals surface area contributed by atoms with Gasteiger partial charge in [-0.15, -0.1) is 0 Å². The van der Waals surface area contributed by atoms with Gasteiger partial charge in [0.2, 0.25) is 10.0 Å². The standard InChI is InChI=1S/C11H16F2N2O3S/c1-7(2)18-5-6-19(16,17)15-11-9(14)4-3-8(12)10(11)13/h3-4,7,15H,5-6,14H2,1-2H3. The maximum Gasteiger partial charge on any atom is 0.235 e. The average Bonchev–Trinajstić information content (AvgIpc) is 2.29. The van der Waals surface area contributed by atoms with Gasteiger partial charge in [-0.1, -0.05) is 0 Å². The number of halogens is 2. The van der Waals surface area contributed by atoms with Gasteiger partial charge >= 0.3 is 0 Å². The van der Waals surface area contributed by atoms with E-state index in [-0.39, 0.29) is 24.2 Å². The Labute approximate surface area is 110 Å². The van der Waals surface area contributed by atoms with Crippen LogP contribution in [0.2, 0.25) is 0 Å². The molecule has 1 aromatic rings. The summed E-state index contributed by atoms with van der Waals surface area (Å²) in [5, 5.41) is 0. The van der Waals surface area contributed by atoms with Crippen LogP contribution in [0.15, 0.2) is 12.1 Å². The number of nitrogen functional groups attached to an aromatic ring is 1. The Hall–Kier alpha value is -1.41. The summed E-state index contributed by atoms with van der Waals surface area (Å²) in [6.45, 7) is 3.46. The lowest BCUT2D eigenvalue weighted by Crippen LogP contribution is -2.23. The first-order valence-electron chi connectivity index (χ1n) is 5.58.